The third-order valence-corrected chi connectivity index (χ3v) is 4.04. The van der Waals surface area contributed by atoms with Crippen LogP contribution in [-0.2, 0) is 0 Å². The third kappa shape index (κ3) is 4.94. The molecule has 3 nitrogen and oxygen atoms in total. The van der Waals surface area contributed by atoms with E-state index in [9.17, 15) is 0 Å². The van der Waals surface area contributed by atoms with Gasteiger partial charge in [-0.05, 0) is 32.0 Å². The van der Waals surface area contributed by atoms with Crippen molar-refractivity contribution in [2.75, 3.05) is 46.3 Å². The third-order valence-electron chi connectivity index (χ3n) is 4.04. The molecule has 1 rings (SSSR count). The van der Waals surface area contributed by atoms with Crippen molar-refractivity contribution >= 4 is 0 Å². The molecule has 0 radical (unpaired) electrons. The second-order valence-electron chi connectivity index (χ2n) is 6.27. The number of hydrogen-bond donors (Lipinski definition) is 1. The molecule has 0 bridgehead atoms. The standard InChI is InChI=1S/C14H31N3/c1-6-16-9-11-17(12-10-16)8-7-13(15-5)14(2,3)4/h13,15H,6-12H2,1-5H3. The van der Waals surface area contributed by atoms with Crippen molar-refractivity contribution in [3.63, 3.8) is 0 Å². The van der Waals surface area contributed by atoms with Gasteiger partial charge in [-0.2, -0.15) is 0 Å². The van der Waals surface area contributed by atoms with Crippen LogP contribution in [0.15, 0.2) is 0 Å². The molecule has 1 saturated heterocycles. The Morgan fingerprint density at radius 2 is 1.59 bits per heavy atom. The van der Waals surface area contributed by atoms with E-state index in [4.69, 9.17) is 0 Å². The average molecular weight is 241 g/mol. The summed E-state index contributed by atoms with van der Waals surface area (Å²) in [6.07, 6.45) is 1.26. The molecule has 1 aliphatic rings. The second kappa shape index (κ2) is 6.72. The van der Waals surface area contributed by atoms with Crippen LogP contribution in [0.2, 0.25) is 0 Å². The van der Waals surface area contributed by atoms with Crippen molar-refractivity contribution in [2.24, 2.45) is 5.41 Å². The van der Waals surface area contributed by atoms with Gasteiger partial charge in [0.05, 0.1) is 0 Å². The molecule has 1 unspecified atom stereocenters. The van der Waals surface area contributed by atoms with Gasteiger partial charge in [-0.1, -0.05) is 27.7 Å². The first kappa shape index (κ1) is 14.9. The molecule has 1 fully saturated rings. The van der Waals surface area contributed by atoms with Gasteiger partial charge in [-0.3, -0.25) is 0 Å². The van der Waals surface area contributed by atoms with Crippen molar-refractivity contribution in [1.29, 1.82) is 0 Å². The fourth-order valence-electron chi connectivity index (χ4n) is 2.65. The van der Waals surface area contributed by atoms with E-state index < -0.39 is 0 Å². The van der Waals surface area contributed by atoms with Crippen molar-refractivity contribution in [2.45, 2.75) is 40.2 Å². The summed E-state index contributed by atoms with van der Waals surface area (Å²) in [7, 11) is 2.09. The number of rotatable bonds is 5. The van der Waals surface area contributed by atoms with Gasteiger partial charge in [0, 0.05) is 32.2 Å². The van der Waals surface area contributed by atoms with Gasteiger partial charge in [-0.15, -0.1) is 0 Å². The summed E-state index contributed by atoms with van der Waals surface area (Å²) < 4.78 is 0. The number of hydrogen-bond acceptors (Lipinski definition) is 3. The lowest BCUT2D eigenvalue weighted by Crippen LogP contribution is -2.48. The van der Waals surface area contributed by atoms with E-state index in [2.05, 4.69) is 49.9 Å². The molecule has 1 heterocycles. The molecule has 1 atom stereocenters. The minimum Gasteiger partial charge on any atom is -0.316 e. The lowest BCUT2D eigenvalue weighted by molar-refractivity contribution is 0.125. The highest BCUT2D eigenvalue weighted by Crippen LogP contribution is 2.21. The maximum atomic E-state index is 3.46. The Labute approximate surface area is 108 Å². The molecule has 0 spiro atoms. The molecular weight excluding hydrogens is 210 g/mol. The molecule has 0 aromatic carbocycles. The number of likely N-dealkylation sites (N-methyl/N-ethyl adjacent to an activating group) is 1. The van der Waals surface area contributed by atoms with E-state index in [0.717, 1.165) is 0 Å². The van der Waals surface area contributed by atoms with Crippen LogP contribution in [0, 0.1) is 5.41 Å². The van der Waals surface area contributed by atoms with Gasteiger partial charge in [0.25, 0.3) is 0 Å². The topological polar surface area (TPSA) is 18.5 Å². The second-order valence-corrected chi connectivity index (χ2v) is 6.27. The minimum atomic E-state index is 0.361. The van der Waals surface area contributed by atoms with Gasteiger partial charge in [0.2, 0.25) is 0 Å². The highest BCUT2D eigenvalue weighted by atomic mass is 15.3. The predicted molar refractivity (Wildman–Crippen MR) is 75.5 cm³/mol. The molecular formula is C14H31N3. The fourth-order valence-corrected chi connectivity index (χ4v) is 2.65. The molecule has 102 valence electrons. The zero-order valence-corrected chi connectivity index (χ0v) is 12.4. The smallest absolute Gasteiger partial charge is 0.0125 e. The van der Waals surface area contributed by atoms with Gasteiger partial charge in [-0.25, -0.2) is 0 Å². The molecule has 0 amide bonds. The van der Waals surface area contributed by atoms with E-state index in [0.29, 0.717) is 11.5 Å². The molecule has 1 N–H and O–H groups in total. The van der Waals surface area contributed by atoms with E-state index in [1.807, 2.05) is 0 Å². The van der Waals surface area contributed by atoms with Gasteiger partial charge in [0.15, 0.2) is 0 Å². The number of nitrogens with one attached hydrogen (secondary N) is 1. The molecule has 1 aliphatic heterocycles. The van der Waals surface area contributed by atoms with Gasteiger partial charge < -0.3 is 15.1 Å². The maximum absolute atomic E-state index is 3.46. The monoisotopic (exact) mass is 241 g/mol. The Bertz CT molecular complexity index is 202. The Balaban J connectivity index is 2.27. The van der Waals surface area contributed by atoms with Crippen LogP contribution in [-0.4, -0.2) is 62.2 Å². The Hall–Kier alpha value is -0.120. The van der Waals surface area contributed by atoms with E-state index in [1.165, 1.54) is 45.7 Å². The van der Waals surface area contributed by atoms with Crippen molar-refractivity contribution in [3.05, 3.63) is 0 Å². The van der Waals surface area contributed by atoms with Crippen LogP contribution in [0.4, 0.5) is 0 Å². The first-order valence-electron chi connectivity index (χ1n) is 7.09. The molecule has 0 aromatic heterocycles. The summed E-state index contributed by atoms with van der Waals surface area (Å²) in [6.45, 7) is 16.6. The summed E-state index contributed by atoms with van der Waals surface area (Å²) in [5, 5.41) is 3.46. The van der Waals surface area contributed by atoms with Gasteiger partial charge in [0.1, 0.15) is 0 Å². The van der Waals surface area contributed by atoms with Crippen LogP contribution in [0.5, 0.6) is 0 Å². The zero-order chi connectivity index (χ0) is 12.9. The van der Waals surface area contributed by atoms with Crippen LogP contribution in [0.1, 0.15) is 34.1 Å². The SMILES string of the molecule is CCN1CCN(CCC(NC)C(C)(C)C)CC1. The summed E-state index contributed by atoms with van der Waals surface area (Å²) in [5.74, 6) is 0. The van der Waals surface area contributed by atoms with Crippen molar-refractivity contribution in [1.82, 2.24) is 15.1 Å². The summed E-state index contributed by atoms with van der Waals surface area (Å²) in [4.78, 5) is 5.15. The quantitative estimate of drug-likeness (QED) is 0.789. The molecule has 0 aromatic rings. The van der Waals surface area contributed by atoms with E-state index in [1.54, 1.807) is 0 Å². The highest BCUT2D eigenvalue weighted by molar-refractivity contribution is 4.81. The van der Waals surface area contributed by atoms with Crippen LogP contribution >= 0.6 is 0 Å². The molecule has 0 saturated carbocycles. The number of nitrogens with zero attached hydrogens (tertiary/aromatic N) is 2. The molecule has 3 heteroatoms. The number of piperazine rings is 1. The van der Waals surface area contributed by atoms with E-state index >= 15 is 0 Å². The van der Waals surface area contributed by atoms with Gasteiger partial charge >= 0.3 is 0 Å². The lowest BCUT2D eigenvalue weighted by Gasteiger charge is -2.36. The first-order chi connectivity index (χ1) is 7.97. The molecule has 0 aliphatic carbocycles. The normalized spacial score (nSPS) is 21.7. The highest BCUT2D eigenvalue weighted by Gasteiger charge is 2.24. The Kier molecular flexibility index (Phi) is 5.90. The Morgan fingerprint density at radius 3 is 2.00 bits per heavy atom. The fraction of sp³-hybridized carbons (Fsp3) is 1.00. The van der Waals surface area contributed by atoms with Crippen LogP contribution in [0.25, 0.3) is 0 Å². The molecule has 17 heavy (non-hydrogen) atoms. The van der Waals surface area contributed by atoms with Crippen molar-refractivity contribution in [3.8, 4) is 0 Å². The first-order valence-corrected chi connectivity index (χ1v) is 7.09. The summed E-state index contributed by atoms with van der Waals surface area (Å²) >= 11 is 0. The largest absolute Gasteiger partial charge is 0.316 e. The lowest BCUT2D eigenvalue weighted by atomic mass is 9.85. The maximum Gasteiger partial charge on any atom is 0.0125 e. The predicted octanol–water partition coefficient (Wildman–Crippen LogP) is 1.65. The summed E-state index contributed by atoms with van der Waals surface area (Å²) in [5.41, 5.74) is 0.361. The van der Waals surface area contributed by atoms with E-state index in [-0.39, 0.29) is 0 Å². The Morgan fingerprint density at radius 1 is 1.06 bits per heavy atom. The van der Waals surface area contributed by atoms with Crippen LogP contribution < -0.4 is 5.32 Å². The zero-order valence-electron chi connectivity index (χ0n) is 12.4. The minimum absolute atomic E-state index is 0.361. The summed E-state index contributed by atoms with van der Waals surface area (Å²) in [6, 6.07) is 0.617. The average Bonchev–Trinajstić information content (AvgIpc) is 2.29. The van der Waals surface area contributed by atoms with Crippen LogP contribution in [0.3, 0.4) is 0 Å². The van der Waals surface area contributed by atoms with Crippen molar-refractivity contribution < 1.29 is 0 Å².